The third-order valence-electron chi connectivity index (χ3n) is 3.84. The minimum Gasteiger partial charge on any atom is -0.359 e. The summed E-state index contributed by atoms with van der Waals surface area (Å²) in [5, 5.41) is 4.76. The van der Waals surface area contributed by atoms with Crippen LogP contribution in [0.15, 0.2) is 29.4 Å². The number of hydrogen-bond acceptors (Lipinski definition) is 3. The fraction of sp³-hybridized carbons (Fsp3) is 0.571. The molecule has 1 aromatic rings. The Morgan fingerprint density at radius 3 is 2.94 bits per heavy atom. The van der Waals surface area contributed by atoms with E-state index in [1.54, 1.807) is 0 Å². The first-order valence-corrected chi connectivity index (χ1v) is 7.66. The summed E-state index contributed by atoms with van der Waals surface area (Å²) in [4.78, 5) is 9.14. The molecule has 3 rings (SSSR count). The minimum absolute atomic E-state index is 0.137. The smallest absolute Gasteiger partial charge is 0.157 e. The van der Waals surface area contributed by atoms with Crippen LogP contribution in [0.5, 0.6) is 0 Å². The van der Waals surface area contributed by atoms with Crippen LogP contribution in [0.2, 0.25) is 0 Å². The molecular formula is C14H19N3S. The molecule has 1 aliphatic carbocycles. The highest BCUT2D eigenvalue weighted by Gasteiger charge is 2.39. The quantitative estimate of drug-likeness (QED) is 0.888. The van der Waals surface area contributed by atoms with Gasteiger partial charge in [-0.15, -0.1) is 0 Å². The molecule has 0 aromatic carbocycles. The van der Waals surface area contributed by atoms with Crippen molar-refractivity contribution in [1.82, 2.24) is 10.3 Å². The number of hydrogen-bond donors (Lipinski definition) is 1. The van der Waals surface area contributed by atoms with Gasteiger partial charge in [-0.05, 0) is 31.9 Å². The Kier molecular flexibility index (Phi) is 3.29. The second-order valence-electron chi connectivity index (χ2n) is 5.27. The van der Waals surface area contributed by atoms with E-state index in [9.17, 15) is 0 Å². The topological polar surface area (TPSA) is 37.3 Å². The highest BCUT2D eigenvalue weighted by Crippen LogP contribution is 2.37. The molecule has 1 spiro atoms. The molecule has 2 heterocycles. The van der Waals surface area contributed by atoms with Crippen molar-refractivity contribution in [2.24, 2.45) is 4.99 Å². The van der Waals surface area contributed by atoms with Crippen molar-refractivity contribution < 1.29 is 0 Å². The number of nitrogens with one attached hydrogen (secondary N) is 1. The molecule has 18 heavy (non-hydrogen) atoms. The van der Waals surface area contributed by atoms with Gasteiger partial charge in [0, 0.05) is 17.5 Å². The van der Waals surface area contributed by atoms with Crippen LogP contribution in [0, 0.1) is 0 Å². The van der Waals surface area contributed by atoms with E-state index >= 15 is 0 Å². The summed E-state index contributed by atoms with van der Waals surface area (Å²) in [6, 6.07) is 6.14. The molecule has 2 aliphatic rings. The van der Waals surface area contributed by atoms with Gasteiger partial charge in [0.15, 0.2) is 5.17 Å². The van der Waals surface area contributed by atoms with E-state index in [1.807, 2.05) is 36.2 Å². The second-order valence-corrected chi connectivity index (χ2v) is 6.23. The number of pyridine rings is 1. The maximum absolute atomic E-state index is 4.77. The lowest BCUT2D eigenvalue weighted by atomic mass is 10.0. The zero-order valence-electron chi connectivity index (χ0n) is 10.7. The number of nitrogens with zero attached hydrogens (tertiary/aromatic N) is 2. The van der Waals surface area contributed by atoms with Gasteiger partial charge in [0.05, 0.1) is 11.7 Å². The number of amidine groups is 1. The average molecular weight is 261 g/mol. The van der Waals surface area contributed by atoms with Crippen molar-refractivity contribution in [3.05, 3.63) is 30.1 Å². The molecule has 1 atom stereocenters. The van der Waals surface area contributed by atoms with E-state index in [4.69, 9.17) is 4.99 Å². The van der Waals surface area contributed by atoms with Crippen molar-refractivity contribution in [3.8, 4) is 0 Å². The second kappa shape index (κ2) is 4.92. The molecule has 1 N–H and O–H groups in total. The Balaban J connectivity index is 1.70. The number of aliphatic imine (C=N–C) groups is 1. The molecule has 0 amide bonds. The summed E-state index contributed by atoms with van der Waals surface area (Å²) >= 11 is 1.87. The molecule has 96 valence electrons. The largest absolute Gasteiger partial charge is 0.359 e. The number of rotatable bonds is 2. The van der Waals surface area contributed by atoms with Crippen LogP contribution in [-0.2, 0) is 0 Å². The van der Waals surface area contributed by atoms with E-state index < -0.39 is 0 Å². The SMILES string of the molecule is CC(N=C1NC2(CCCC2)CS1)c1ccccn1. The standard InChI is InChI=1S/C14H19N3S/c1-11(12-6-2-5-9-15-12)16-13-17-14(10-18-13)7-3-4-8-14/h2,5-6,9,11H,3-4,7-8,10H2,1H3,(H,16,17). The summed E-state index contributed by atoms with van der Waals surface area (Å²) in [5.41, 5.74) is 1.40. The fourth-order valence-corrected chi connectivity index (χ4v) is 4.06. The van der Waals surface area contributed by atoms with E-state index in [0.29, 0.717) is 5.54 Å². The first-order chi connectivity index (χ1) is 8.77. The molecular weight excluding hydrogens is 242 g/mol. The number of thioether (sulfide) groups is 1. The highest BCUT2D eigenvalue weighted by molar-refractivity contribution is 8.14. The van der Waals surface area contributed by atoms with Crippen molar-refractivity contribution in [3.63, 3.8) is 0 Å². The maximum Gasteiger partial charge on any atom is 0.157 e. The van der Waals surface area contributed by atoms with Gasteiger partial charge in [-0.3, -0.25) is 9.98 Å². The van der Waals surface area contributed by atoms with E-state index in [1.165, 1.54) is 31.4 Å². The van der Waals surface area contributed by atoms with Crippen molar-refractivity contribution in [2.75, 3.05) is 5.75 Å². The third-order valence-corrected chi connectivity index (χ3v) is 5.02. The summed E-state index contributed by atoms with van der Waals surface area (Å²) in [6.45, 7) is 2.11. The molecule has 3 nitrogen and oxygen atoms in total. The summed E-state index contributed by atoms with van der Waals surface area (Å²) < 4.78 is 0. The maximum atomic E-state index is 4.77. The predicted octanol–water partition coefficient (Wildman–Crippen LogP) is 3.15. The summed E-state index contributed by atoms with van der Waals surface area (Å²) in [6.07, 6.45) is 7.15. The van der Waals surface area contributed by atoms with Crippen molar-refractivity contribution >= 4 is 16.9 Å². The van der Waals surface area contributed by atoms with Gasteiger partial charge < -0.3 is 5.32 Å². The molecule has 1 saturated carbocycles. The lowest BCUT2D eigenvalue weighted by Crippen LogP contribution is -2.40. The normalized spacial score (nSPS) is 25.5. The van der Waals surface area contributed by atoms with Crippen LogP contribution in [0.3, 0.4) is 0 Å². The predicted molar refractivity (Wildman–Crippen MR) is 76.9 cm³/mol. The van der Waals surface area contributed by atoms with Gasteiger partial charge in [0.2, 0.25) is 0 Å². The summed E-state index contributed by atoms with van der Waals surface area (Å²) in [5.74, 6) is 1.18. The van der Waals surface area contributed by atoms with Crippen LogP contribution >= 0.6 is 11.8 Å². The monoisotopic (exact) mass is 261 g/mol. The van der Waals surface area contributed by atoms with Crippen LogP contribution in [0.4, 0.5) is 0 Å². The first-order valence-electron chi connectivity index (χ1n) is 6.67. The molecule has 2 fully saturated rings. The van der Waals surface area contributed by atoms with E-state index in [0.717, 1.165) is 10.9 Å². The van der Waals surface area contributed by atoms with Gasteiger partial charge in [0.25, 0.3) is 0 Å². The lowest BCUT2D eigenvalue weighted by molar-refractivity contribution is 0.452. The van der Waals surface area contributed by atoms with Crippen LogP contribution in [0.1, 0.15) is 44.3 Å². The van der Waals surface area contributed by atoms with E-state index in [-0.39, 0.29) is 6.04 Å². The Morgan fingerprint density at radius 2 is 2.22 bits per heavy atom. The Hall–Kier alpha value is -1.03. The first kappa shape index (κ1) is 12.0. The van der Waals surface area contributed by atoms with Crippen LogP contribution in [-0.4, -0.2) is 21.4 Å². The van der Waals surface area contributed by atoms with Crippen molar-refractivity contribution in [2.45, 2.75) is 44.2 Å². The Morgan fingerprint density at radius 1 is 1.39 bits per heavy atom. The van der Waals surface area contributed by atoms with Gasteiger partial charge in [-0.2, -0.15) is 0 Å². The van der Waals surface area contributed by atoms with Crippen molar-refractivity contribution in [1.29, 1.82) is 0 Å². The Labute approximate surface area is 112 Å². The Bertz CT molecular complexity index is 438. The van der Waals surface area contributed by atoms with Crippen LogP contribution in [0.25, 0.3) is 0 Å². The van der Waals surface area contributed by atoms with Gasteiger partial charge >= 0.3 is 0 Å². The zero-order chi connectivity index (χ0) is 12.4. The molecule has 0 radical (unpaired) electrons. The fourth-order valence-electron chi connectivity index (χ4n) is 2.76. The molecule has 1 unspecified atom stereocenters. The zero-order valence-corrected chi connectivity index (χ0v) is 11.5. The van der Waals surface area contributed by atoms with Gasteiger partial charge in [0.1, 0.15) is 0 Å². The average Bonchev–Trinajstić information content (AvgIpc) is 3.02. The minimum atomic E-state index is 0.137. The molecule has 1 aromatic heterocycles. The molecule has 1 saturated heterocycles. The molecule has 1 aliphatic heterocycles. The highest BCUT2D eigenvalue weighted by atomic mass is 32.2. The third kappa shape index (κ3) is 2.39. The molecule has 0 bridgehead atoms. The molecule has 4 heteroatoms. The van der Waals surface area contributed by atoms with Crippen LogP contribution < -0.4 is 5.32 Å². The van der Waals surface area contributed by atoms with E-state index in [2.05, 4.69) is 17.2 Å². The summed E-state index contributed by atoms with van der Waals surface area (Å²) in [7, 11) is 0. The number of aromatic nitrogens is 1. The lowest BCUT2D eigenvalue weighted by Gasteiger charge is -2.22. The van der Waals surface area contributed by atoms with Gasteiger partial charge in [-0.25, -0.2) is 0 Å². The van der Waals surface area contributed by atoms with Gasteiger partial charge in [-0.1, -0.05) is 30.7 Å².